The number of para-hydroxylation sites is 1. The number of methoxy groups -OCH3 is 1. The number of ether oxygens (including phenoxy) is 1. The highest BCUT2D eigenvalue weighted by Gasteiger charge is 2.12. The Labute approximate surface area is 167 Å². The summed E-state index contributed by atoms with van der Waals surface area (Å²) >= 11 is 0. The molecule has 0 unspecified atom stereocenters. The fraction of sp³-hybridized carbons (Fsp3) is 0.350. The Balaban J connectivity index is 1.74. The number of aryl methyl sites for hydroxylation is 1. The van der Waals surface area contributed by atoms with Crippen molar-refractivity contribution in [3.05, 3.63) is 59.7 Å². The Kier molecular flexibility index (Phi) is 8.28. The molecule has 2 aromatic carbocycles. The first-order valence-electron chi connectivity index (χ1n) is 9.09. The van der Waals surface area contributed by atoms with Gasteiger partial charge in [0.2, 0.25) is 10.0 Å². The first-order valence-corrected chi connectivity index (χ1v) is 10.6. The van der Waals surface area contributed by atoms with E-state index in [9.17, 15) is 8.42 Å². The molecule has 0 bridgehead atoms. The van der Waals surface area contributed by atoms with Gasteiger partial charge in [-0.25, -0.2) is 13.1 Å². The minimum atomic E-state index is -3.51. The minimum Gasteiger partial charge on any atom is -0.496 e. The van der Waals surface area contributed by atoms with Crippen LogP contribution in [0.25, 0.3) is 0 Å². The fourth-order valence-electron chi connectivity index (χ4n) is 2.61. The van der Waals surface area contributed by atoms with Crippen molar-refractivity contribution in [3.63, 3.8) is 0 Å². The van der Waals surface area contributed by atoms with Crippen LogP contribution in [0.4, 0.5) is 0 Å². The number of aliphatic imine (C=N–C) groups is 1. The maximum absolute atomic E-state index is 12.3. The second kappa shape index (κ2) is 10.7. The second-order valence-electron chi connectivity index (χ2n) is 6.20. The second-order valence-corrected chi connectivity index (χ2v) is 7.97. The SMILES string of the molecule is CN=C(NCCNS(=O)(=O)c1ccc(C)cc1)NCCc1ccccc1OC. The third-order valence-electron chi connectivity index (χ3n) is 4.14. The summed E-state index contributed by atoms with van der Waals surface area (Å²) in [4.78, 5) is 4.41. The van der Waals surface area contributed by atoms with Gasteiger partial charge in [0.25, 0.3) is 0 Å². The Morgan fingerprint density at radius 1 is 1.00 bits per heavy atom. The van der Waals surface area contributed by atoms with Crippen molar-refractivity contribution >= 4 is 16.0 Å². The van der Waals surface area contributed by atoms with Crippen LogP contribution in [0.15, 0.2) is 58.4 Å². The molecule has 0 saturated carbocycles. The molecule has 152 valence electrons. The van der Waals surface area contributed by atoms with Crippen LogP contribution in [-0.2, 0) is 16.4 Å². The Morgan fingerprint density at radius 2 is 1.68 bits per heavy atom. The molecule has 2 rings (SSSR count). The van der Waals surface area contributed by atoms with E-state index in [-0.39, 0.29) is 11.4 Å². The summed E-state index contributed by atoms with van der Waals surface area (Å²) in [6.07, 6.45) is 0.783. The summed E-state index contributed by atoms with van der Waals surface area (Å²) < 4.78 is 32.4. The summed E-state index contributed by atoms with van der Waals surface area (Å²) in [6, 6.07) is 14.6. The molecule has 28 heavy (non-hydrogen) atoms. The number of rotatable bonds is 9. The van der Waals surface area contributed by atoms with Crippen molar-refractivity contribution in [1.29, 1.82) is 0 Å². The molecule has 7 nitrogen and oxygen atoms in total. The maximum atomic E-state index is 12.3. The predicted molar refractivity (Wildman–Crippen MR) is 112 cm³/mol. The normalized spacial score (nSPS) is 11.9. The molecule has 0 spiro atoms. The Morgan fingerprint density at radius 3 is 2.36 bits per heavy atom. The molecule has 0 aliphatic carbocycles. The molecule has 2 aromatic rings. The van der Waals surface area contributed by atoms with Crippen molar-refractivity contribution in [3.8, 4) is 5.75 Å². The van der Waals surface area contributed by atoms with Gasteiger partial charge in [-0.3, -0.25) is 4.99 Å². The molecule has 0 atom stereocenters. The van der Waals surface area contributed by atoms with E-state index < -0.39 is 10.0 Å². The van der Waals surface area contributed by atoms with E-state index in [1.165, 1.54) is 0 Å². The molecular weight excluding hydrogens is 376 g/mol. The van der Waals surface area contributed by atoms with Gasteiger partial charge < -0.3 is 15.4 Å². The highest BCUT2D eigenvalue weighted by molar-refractivity contribution is 7.89. The van der Waals surface area contributed by atoms with Crippen LogP contribution >= 0.6 is 0 Å². The molecule has 0 aliphatic rings. The molecule has 8 heteroatoms. The molecule has 0 aromatic heterocycles. The minimum absolute atomic E-state index is 0.253. The van der Waals surface area contributed by atoms with Crippen molar-refractivity contribution in [2.24, 2.45) is 4.99 Å². The van der Waals surface area contributed by atoms with Crippen molar-refractivity contribution < 1.29 is 13.2 Å². The molecule has 3 N–H and O–H groups in total. The zero-order valence-corrected chi connectivity index (χ0v) is 17.3. The van der Waals surface area contributed by atoms with E-state index in [4.69, 9.17) is 4.74 Å². The predicted octanol–water partition coefficient (Wildman–Crippen LogP) is 1.69. The molecule has 0 saturated heterocycles. The van der Waals surface area contributed by atoms with E-state index >= 15 is 0 Å². The van der Waals surface area contributed by atoms with Gasteiger partial charge in [0.05, 0.1) is 12.0 Å². The van der Waals surface area contributed by atoms with Crippen LogP contribution in [0.2, 0.25) is 0 Å². The van der Waals surface area contributed by atoms with Gasteiger partial charge in [-0.15, -0.1) is 0 Å². The highest BCUT2D eigenvalue weighted by atomic mass is 32.2. The van der Waals surface area contributed by atoms with Gasteiger partial charge in [0, 0.05) is 26.7 Å². The van der Waals surface area contributed by atoms with Crippen LogP contribution in [0.3, 0.4) is 0 Å². The van der Waals surface area contributed by atoms with Crippen molar-refractivity contribution in [1.82, 2.24) is 15.4 Å². The first-order chi connectivity index (χ1) is 13.5. The molecule has 0 radical (unpaired) electrons. The van der Waals surface area contributed by atoms with Crippen LogP contribution in [0, 0.1) is 6.92 Å². The lowest BCUT2D eigenvalue weighted by molar-refractivity contribution is 0.409. The van der Waals surface area contributed by atoms with Gasteiger partial charge >= 0.3 is 0 Å². The zero-order chi connectivity index (χ0) is 20.4. The van der Waals surface area contributed by atoms with E-state index in [1.807, 2.05) is 31.2 Å². The van der Waals surface area contributed by atoms with Crippen molar-refractivity contribution in [2.75, 3.05) is 33.8 Å². The number of nitrogens with zero attached hydrogens (tertiary/aromatic N) is 1. The fourth-order valence-corrected chi connectivity index (χ4v) is 3.64. The lowest BCUT2D eigenvalue weighted by atomic mass is 10.1. The van der Waals surface area contributed by atoms with Crippen LogP contribution in [-0.4, -0.2) is 48.2 Å². The number of sulfonamides is 1. The smallest absolute Gasteiger partial charge is 0.240 e. The Bertz CT molecular complexity index is 881. The molecular formula is C20H28N4O3S. The molecule has 0 heterocycles. The Hall–Kier alpha value is -2.58. The van der Waals surface area contributed by atoms with Gasteiger partial charge in [-0.2, -0.15) is 0 Å². The van der Waals surface area contributed by atoms with Crippen LogP contribution < -0.4 is 20.1 Å². The third-order valence-corrected chi connectivity index (χ3v) is 5.62. The van der Waals surface area contributed by atoms with E-state index in [0.29, 0.717) is 19.0 Å². The number of guanidine groups is 1. The quantitative estimate of drug-likeness (QED) is 0.336. The lowest BCUT2D eigenvalue weighted by Gasteiger charge is -2.13. The summed E-state index contributed by atoms with van der Waals surface area (Å²) in [5.41, 5.74) is 2.13. The summed E-state index contributed by atoms with van der Waals surface area (Å²) in [6.45, 7) is 3.26. The summed E-state index contributed by atoms with van der Waals surface area (Å²) in [5.74, 6) is 1.47. The van der Waals surface area contributed by atoms with Crippen LogP contribution in [0.5, 0.6) is 5.75 Å². The number of hydrogen-bond donors (Lipinski definition) is 3. The number of nitrogens with one attached hydrogen (secondary N) is 3. The average molecular weight is 405 g/mol. The molecule has 0 aliphatic heterocycles. The highest BCUT2D eigenvalue weighted by Crippen LogP contribution is 2.17. The summed E-state index contributed by atoms with van der Waals surface area (Å²) in [5, 5.41) is 6.31. The van der Waals surface area contributed by atoms with Gasteiger partial charge in [-0.1, -0.05) is 35.9 Å². The van der Waals surface area contributed by atoms with Crippen molar-refractivity contribution in [2.45, 2.75) is 18.2 Å². The standard InChI is InChI=1S/C20H28N4O3S/c1-16-8-10-18(11-9-16)28(25,26)24-15-14-23-20(21-2)22-13-12-17-6-4-5-7-19(17)27-3/h4-11,24H,12-15H2,1-3H3,(H2,21,22,23). The zero-order valence-electron chi connectivity index (χ0n) is 16.5. The van der Waals surface area contributed by atoms with E-state index in [0.717, 1.165) is 23.3 Å². The molecule has 0 amide bonds. The topological polar surface area (TPSA) is 91.8 Å². The van der Waals surface area contributed by atoms with Gasteiger partial charge in [0.1, 0.15) is 5.75 Å². The third kappa shape index (κ3) is 6.54. The first kappa shape index (κ1) is 21.7. The number of benzene rings is 2. The molecule has 0 fully saturated rings. The summed E-state index contributed by atoms with van der Waals surface area (Å²) in [7, 11) is -0.174. The largest absolute Gasteiger partial charge is 0.496 e. The van der Waals surface area contributed by atoms with Gasteiger partial charge in [0.15, 0.2) is 5.96 Å². The monoisotopic (exact) mass is 404 g/mol. The maximum Gasteiger partial charge on any atom is 0.240 e. The lowest BCUT2D eigenvalue weighted by Crippen LogP contribution is -2.42. The van der Waals surface area contributed by atoms with E-state index in [2.05, 4.69) is 20.3 Å². The average Bonchev–Trinajstić information content (AvgIpc) is 2.70. The van der Waals surface area contributed by atoms with Crippen LogP contribution in [0.1, 0.15) is 11.1 Å². The van der Waals surface area contributed by atoms with E-state index in [1.54, 1.807) is 38.4 Å². The van der Waals surface area contributed by atoms with Gasteiger partial charge in [-0.05, 0) is 37.1 Å². The number of hydrogen-bond acceptors (Lipinski definition) is 4.